The number of halogens is 2. The van der Waals surface area contributed by atoms with E-state index in [1.165, 1.54) is 6.42 Å². The number of para-hydroxylation sites is 1. The van der Waals surface area contributed by atoms with Crippen molar-refractivity contribution >= 4 is 34.8 Å². The molecule has 2 aromatic carbocycles. The van der Waals surface area contributed by atoms with Gasteiger partial charge in [0, 0.05) is 54.3 Å². The number of carbonyl (C=O) groups is 1. The first-order chi connectivity index (χ1) is 15.1. The number of benzene rings is 2. The number of hydrogen-bond acceptors (Lipinski definition) is 3. The zero-order valence-electron chi connectivity index (χ0n) is 17.3. The summed E-state index contributed by atoms with van der Waals surface area (Å²) < 4.78 is 0. The van der Waals surface area contributed by atoms with Crippen LogP contribution in [-0.2, 0) is 13.1 Å². The van der Waals surface area contributed by atoms with Gasteiger partial charge in [-0.15, -0.1) is 0 Å². The smallest absolute Gasteiger partial charge is 0.256 e. The van der Waals surface area contributed by atoms with E-state index in [1.54, 1.807) is 24.5 Å². The molecule has 1 aliphatic heterocycles. The van der Waals surface area contributed by atoms with Crippen LogP contribution in [0, 0.1) is 0 Å². The molecule has 1 aliphatic rings. The van der Waals surface area contributed by atoms with Crippen LogP contribution in [0.5, 0.6) is 0 Å². The number of carbonyl (C=O) groups excluding carboxylic acids is 1. The molecule has 31 heavy (non-hydrogen) atoms. The quantitative estimate of drug-likeness (QED) is 0.444. The van der Waals surface area contributed by atoms with Gasteiger partial charge in [0.05, 0.1) is 5.56 Å². The van der Waals surface area contributed by atoms with Crippen LogP contribution >= 0.6 is 23.2 Å². The van der Waals surface area contributed by atoms with Crippen LogP contribution in [0.1, 0.15) is 40.7 Å². The number of aromatic nitrogens is 1. The largest absolute Gasteiger partial charge is 0.371 e. The molecule has 0 N–H and O–H groups in total. The molecule has 1 amide bonds. The third kappa shape index (κ3) is 5.38. The van der Waals surface area contributed by atoms with E-state index in [2.05, 4.69) is 16.0 Å². The second-order valence-corrected chi connectivity index (χ2v) is 8.67. The molecule has 1 fully saturated rings. The first-order valence-electron chi connectivity index (χ1n) is 10.6. The van der Waals surface area contributed by atoms with E-state index in [1.807, 2.05) is 41.3 Å². The Kier molecular flexibility index (Phi) is 7.10. The number of amides is 1. The molecule has 0 atom stereocenters. The van der Waals surface area contributed by atoms with E-state index in [9.17, 15) is 4.79 Å². The van der Waals surface area contributed by atoms with Gasteiger partial charge < -0.3 is 9.80 Å². The Morgan fingerprint density at radius 3 is 2.52 bits per heavy atom. The lowest BCUT2D eigenvalue weighted by Gasteiger charge is -2.32. The van der Waals surface area contributed by atoms with E-state index in [-0.39, 0.29) is 5.91 Å². The number of nitrogens with zero attached hydrogens (tertiary/aromatic N) is 3. The number of piperidine rings is 1. The van der Waals surface area contributed by atoms with E-state index >= 15 is 0 Å². The molecule has 2 heterocycles. The summed E-state index contributed by atoms with van der Waals surface area (Å²) in [4.78, 5) is 22.2. The van der Waals surface area contributed by atoms with Gasteiger partial charge in [-0.05, 0) is 60.7 Å². The third-order valence-corrected chi connectivity index (χ3v) is 6.18. The fourth-order valence-corrected chi connectivity index (χ4v) is 4.47. The SMILES string of the molecule is O=C(c1ccccc1N1CCCCC1)N(Cc1cccnc1)Cc1ccc(Cl)cc1Cl. The second-order valence-electron chi connectivity index (χ2n) is 7.82. The second kappa shape index (κ2) is 10.2. The van der Waals surface area contributed by atoms with Crippen LogP contribution in [0.3, 0.4) is 0 Å². The Hall–Kier alpha value is -2.56. The van der Waals surface area contributed by atoms with E-state index in [4.69, 9.17) is 23.2 Å². The highest BCUT2D eigenvalue weighted by Crippen LogP contribution is 2.28. The van der Waals surface area contributed by atoms with Gasteiger partial charge in [-0.1, -0.05) is 47.5 Å². The van der Waals surface area contributed by atoms with Gasteiger partial charge in [-0.3, -0.25) is 9.78 Å². The Morgan fingerprint density at radius 2 is 1.77 bits per heavy atom. The zero-order valence-corrected chi connectivity index (χ0v) is 18.8. The molecule has 4 nitrogen and oxygen atoms in total. The summed E-state index contributed by atoms with van der Waals surface area (Å²) in [6, 6.07) is 17.2. The average molecular weight is 454 g/mol. The highest BCUT2D eigenvalue weighted by atomic mass is 35.5. The minimum atomic E-state index is -0.0176. The summed E-state index contributed by atoms with van der Waals surface area (Å²) in [6.07, 6.45) is 7.08. The fourth-order valence-electron chi connectivity index (χ4n) is 4.00. The summed E-state index contributed by atoms with van der Waals surface area (Å²) in [6.45, 7) is 2.80. The Morgan fingerprint density at radius 1 is 0.968 bits per heavy atom. The highest BCUT2D eigenvalue weighted by molar-refractivity contribution is 6.35. The van der Waals surface area contributed by atoms with Crippen molar-refractivity contribution in [3.8, 4) is 0 Å². The van der Waals surface area contributed by atoms with Crippen molar-refractivity contribution in [3.05, 3.63) is 93.7 Å². The average Bonchev–Trinajstić information content (AvgIpc) is 2.81. The zero-order chi connectivity index (χ0) is 21.6. The van der Waals surface area contributed by atoms with Crippen molar-refractivity contribution in [1.82, 2.24) is 9.88 Å². The number of hydrogen-bond donors (Lipinski definition) is 0. The Bertz CT molecular complexity index is 1040. The first-order valence-corrected chi connectivity index (χ1v) is 11.3. The van der Waals surface area contributed by atoms with E-state index < -0.39 is 0 Å². The van der Waals surface area contributed by atoms with E-state index in [0.29, 0.717) is 23.1 Å². The van der Waals surface area contributed by atoms with Crippen molar-refractivity contribution < 1.29 is 4.79 Å². The molecule has 6 heteroatoms. The monoisotopic (exact) mass is 453 g/mol. The maximum atomic E-state index is 13.8. The summed E-state index contributed by atoms with van der Waals surface area (Å²) in [5.74, 6) is -0.0176. The maximum absolute atomic E-state index is 13.8. The molecule has 0 saturated carbocycles. The molecule has 1 aromatic heterocycles. The van der Waals surface area contributed by atoms with Crippen LogP contribution in [0.2, 0.25) is 10.0 Å². The summed E-state index contributed by atoms with van der Waals surface area (Å²) in [7, 11) is 0. The van der Waals surface area contributed by atoms with Crippen molar-refractivity contribution in [2.45, 2.75) is 32.4 Å². The summed E-state index contributed by atoms with van der Waals surface area (Å²) >= 11 is 12.5. The molecule has 0 bridgehead atoms. The lowest BCUT2D eigenvalue weighted by Crippen LogP contribution is -2.34. The summed E-state index contributed by atoms with van der Waals surface area (Å²) in [5.41, 5.74) is 3.55. The molecule has 0 radical (unpaired) electrons. The number of pyridine rings is 1. The lowest BCUT2D eigenvalue weighted by atomic mass is 10.1. The van der Waals surface area contributed by atoms with E-state index in [0.717, 1.165) is 48.3 Å². The highest BCUT2D eigenvalue weighted by Gasteiger charge is 2.23. The van der Waals surface area contributed by atoms with Crippen LogP contribution in [0.4, 0.5) is 5.69 Å². The van der Waals surface area contributed by atoms with Crippen molar-refractivity contribution in [1.29, 1.82) is 0 Å². The first kappa shape index (κ1) is 21.7. The maximum Gasteiger partial charge on any atom is 0.256 e. The molecular formula is C25H25Cl2N3O. The van der Waals surface area contributed by atoms with Crippen LogP contribution in [0.15, 0.2) is 67.0 Å². The van der Waals surface area contributed by atoms with Gasteiger partial charge >= 0.3 is 0 Å². The minimum absolute atomic E-state index is 0.0176. The Labute approximate surface area is 193 Å². The number of rotatable bonds is 6. The molecular weight excluding hydrogens is 429 g/mol. The van der Waals surface area contributed by atoms with Gasteiger partial charge in [0.25, 0.3) is 5.91 Å². The standard InChI is InChI=1S/C25H25Cl2N3O/c26-21-11-10-20(23(27)15-21)18-30(17-19-7-6-12-28-16-19)25(31)22-8-2-3-9-24(22)29-13-4-1-5-14-29/h2-3,6-12,15-16H,1,4-5,13-14,17-18H2. The third-order valence-electron chi connectivity index (χ3n) is 5.59. The molecule has 0 aliphatic carbocycles. The van der Waals surface area contributed by atoms with Crippen molar-refractivity contribution in [3.63, 3.8) is 0 Å². The molecule has 1 saturated heterocycles. The molecule has 0 unspecified atom stereocenters. The normalized spacial score (nSPS) is 13.8. The van der Waals surface area contributed by atoms with Gasteiger partial charge in [0.2, 0.25) is 0 Å². The molecule has 0 spiro atoms. The van der Waals surface area contributed by atoms with Gasteiger partial charge in [0.15, 0.2) is 0 Å². The lowest BCUT2D eigenvalue weighted by molar-refractivity contribution is 0.0730. The van der Waals surface area contributed by atoms with Crippen molar-refractivity contribution in [2.24, 2.45) is 0 Å². The predicted octanol–water partition coefficient (Wildman–Crippen LogP) is 6.22. The molecule has 160 valence electrons. The van der Waals surface area contributed by atoms with Crippen LogP contribution in [0.25, 0.3) is 0 Å². The van der Waals surface area contributed by atoms with Crippen LogP contribution in [-0.4, -0.2) is 28.9 Å². The van der Waals surface area contributed by atoms with Crippen LogP contribution < -0.4 is 4.90 Å². The topological polar surface area (TPSA) is 36.4 Å². The summed E-state index contributed by atoms with van der Waals surface area (Å²) in [5, 5.41) is 1.13. The van der Waals surface area contributed by atoms with Gasteiger partial charge in [0.1, 0.15) is 0 Å². The van der Waals surface area contributed by atoms with Gasteiger partial charge in [-0.2, -0.15) is 0 Å². The molecule has 3 aromatic rings. The minimum Gasteiger partial charge on any atom is -0.371 e. The fraction of sp³-hybridized carbons (Fsp3) is 0.280. The molecule has 4 rings (SSSR count). The van der Waals surface area contributed by atoms with Crippen molar-refractivity contribution in [2.75, 3.05) is 18.0 Å². The number of anilines is 1. The Balaban J connectivity index is 1.67. The van der Waals surface area contributed by atoms with Gasteiger partial charge in [-0.25, -0.2) is 0 Å². The predicted molar refractivity (Wildman–Crippen MR) is 127 cm³/mol.